The maximum Gasteiger partial charge on any atom is 0.407 e. The number of nitrogen functional groups attached to an aromatic ring is 1. The summed E-state index contributed by atoms with van der Waals surface area (Å²) in [6, 6.07) is 12.2. The Bertz CT molecular complexity index is 2130. The van der Waals surface area contributed by atoms with Gasteiger partial charge in [0.05, 0.1) is 16.8 Å². The van der Waals surface area contributed by atoms with Crippen molar-refractivity contribution in [1.82, 2.24) is 24.4 Å². The number of nitrogens with one attached hydrogen (secondary N) is 1. The van der Waals surface area contributed by atoms with Gasteiger partial charge in [-0.15, -0.1) is 0 Å². The molecule has 1 saturated carbocycles. The summed E-state index contributed by atoms with van der Waals surface area (Å²) in [5.41, 5.74) is 10.5. The zero-order valence-corrected chi connectivity index (χ0v) is 24.3. The van der Waals surface area contributed by atoms with Gasteiger partial charge in [-0.3, -0.25) is 14.2 Å². The maximum atomic E-state index is 15.4. The molecule has 2 aromatic carbocycles. The van der Waals surface area contributed by atoms with Crippen LogP contribution in [0.3, 0.4) is 0 Å². The van der Waals surface area contributed by atoms with Gasteiger partial charge in [0.1, 0.15) is 18.1 Å². The first kappa shape index (κ1) is 28.3. The first-order chi connectivity index (χ1) is 21.7. The molecule has 1 fully saturated rings. The van der Waals surface area contributed by atoms with Gasteiger partial charge in [0.15, 0.2) is 0 Å². The molecule has 45 heavy (non-hydrogen) atoms. The van der Waals surface area contributed by atoms with Crippen molar-refractivity contribution in [3.05, 3.63) is 87.7 Å². The molecule has 1 amide bonds. The Kier molecular flexibility index (Phi) is 6.83. The lowest BCUT2D eigenvalue weighted by atomic mass is 9.99. The fourth-order valence-electron chi connectivity index (χ4n) is 6.03. The van der Waals surface area contributed by atoms with Gasteiger partial charge >= 0.3 is 12.1 Å². The molecule has 1 aliphatic carbocycles. The first-order valence-electron chi connectivity index (χ1n) is 14.6. The Morgan fingerprint density at radius 3 is 2.71 bits per heavy atom. The topological polar surface area (TPSA) is 156 Å². The molecule has 0 spiro atoms. The third-order valence-electron chi connectivity index (χ3n) is 8.44. The zero-order chi connectivity index (χ0) is 31.4. The van der Waals surface area contributed by atoms with Crippen molar-refractivity contribution in [2.24, 2.45) is 0 Å². The highest BCUT2D eigenvalue weighted by molar-refractivity contribution is 5.95. The molecule has 0 bridgehead atoms. The van der Waals surface area contributed by atoms with Crippen molar-refractivity contribution < 1.29 is 23.8 Å². The second-order valence-electron chi connectivity index (χ2n) is 11.4. The quantitative estimate of drug-likeness (QED) is 0.218. The van der Waals surface area contributed by atoms with Gasteiger partial charge < -0.3 is 25.5 Å². The number of esters is 1. The van der Waals surface area contributed by atoms with Gasteiger partial charge in [-0.05, 0) is 66.0 Å². The van der Waals surface area contributed by atoms with Crippen LogP contribution in [0.25, 0.3) is 44.3 Å². The number of hydrogen-bond donors (Lipinski definition) is 3. The summed E-state index contributed by atoms with van der Waals surface area (Å²) in [6.45, 7) is 1.72. The monoisotopic (exact) mass is 608 g/mol. The van der Waals surface area contributed by atoms with Crippen molar-refractivity contribution in [2.45, 2.75) is 38.7 Å². The molecule has 7 rings (SSSR count). The molecule has 11 nitrogen and oxygen atoms in total. The molecule has 2 aliphatic rings. The SMILES string of the molecule is CC(=O)OCc1c(-c2nc(N)nc3[nH]c(C4=CCN(C(=O)O)CC4)cc23)cccc1-n1ccc2cc(C3CC3)cc(F)c2c1=O. The Hall–Kier alpha value is -5.52. The predicted octanol–water partition coefficient (Wildman–Crippen LogP) is 5.36. The highest BCUT2D eigenvalue weighted by Crippen LogP contribution is 2.41. The number of carbonyl (C=O) groups excluding carboxylic acids is 1. The third-order valence-corrected chi connectivity index (χ3v) is 8.44. The number of fused-ring (bicyclic) bond motifs is 2. The highest BCUT2D eigenvalue weighted by atomic mass is 19.1. The number of hydrogen-bond acceptors (Lipinski definition) is 7. The van der Waals surface area contributed by atoms with E-state index >= 15 is 4.39 Å². The van der Waals surface area contributed by atoms with Crippen LogP contribution in [0.2, 0.25) is 0 Å². The molecule has 12 heteroatoms. The van der Waals surface area contributed by atoms with E-state index < -0.39 is 23.4 Å². The number of carboxylic acid groups (broad SMARTS) is 1. The van der Waals surface area contributed by atoms with Crippen molar-refractivity contribution >= 4 is 45.4 Å². The van der Waals surface area contributed by atoms with Gasteiger partial charge in [-0.25, -0.2) is 14.2 Å². The Morgan fingerprint density at radius 2 is 2.00 bits per heavy atom. The lowest BCUT2D eigenvalue weighted by molar-refractivity contribution is -0.142. The molecule has 0 unspecified atom stereocenters. The number of ether oxygens (including phenoxy) is 1. The van der Waals surface area contributed by atoms with Crippen molar-refractivity contribution in [3.63, 3.8) is 0 Å². The van der Waals surface area contributed by atoms with Crippen LogP contribution in [0.15, 0.2) is 59.5 Å². The van der Waals surface area contributed by atoms with E-state index in [4.69, 9.17) is 10.5 Å². The van der Waals surface area contributed by atoms with E-state index in [-0.39, 0.29) is 24.5 Å². The summed E-state index contributed by atoms with van der Waals surface area (Å²) in [5.74, 6) is -0.754. The predicted molar refractivity (Wildman–Crippen MR) is 166 cm³/mol. The van der Waals surface area contributed by atoms with Crippen LogP contribution in [0.4, 0.5) is 15.1 Å². The van der Waals surface area contributed by atoms with Crippen LogP contribution in [-0.2, 0) is 16.1 Å². The van der Waals surface area contributed by atoms with Crippen LogP contribution < -0.4 is 11.3 Å². The largest absolute Gasteiger partial charge is 0.465 e. The lowest BCUT2D eigenvalue weighted by Gasteiger charge is -2.23. The second-order valence-corrected chi connectivity index (χ2v) is 11.4. The van der Waals surface area contributed by atoms with Crippen molar-refractivity contribution in [1.29, 1.82) is 0 Å². The molecule has 228 valence electrons. The van der Waals surface area contributed by atoms with E-state index in [1.807, 2.05) is 18.2 Å². The molecular formula is C33H29FN6O5. The van der Waals surface area contributed by atoms with Crippen LogP contribution >= 0.6 is 0 Å². The molecule has 1 aliphatic heterocycles. The molecule has 4 N–H and O–H groups in total. The Balaban J connectivity index is 1.38. The van der Waals surface area contributed by atoms with E-state index in [9.17, 15) is 19.5 Å². The number of anilines is 1. The normalized spacial score (nSPS) is 15.0. The number of amides is 1. The third kappa shape index (κ3) is 5.17. The summed E-state index contributed by atoms with van der Waals surface area (Å²) >= 11 is 0. The standard InChI is InChI=1S/C33H29FN6O5/c1-17(41)45-16-24-22(29-23-15-26(36-30(23)38-32(35)37-29)19-7-10-39(11-8-19)33(43)44)3-2-4-27(24)40-12-9-20-13-21(18-5-6-18)14-25(34)28(20)31(40)42/h2-4,7,9,12-15,18H,5-6,8,10-11,16H2,1H3,(H,43,44)(H3,35,36,37,38). The molecule has 4 heterocycles. The first-order valence-corrected chi connectivity index (χ1v) is 14.6. The van der Waals surface area contributed by atoms with Gasteiger partial charge in [0.25, 0.3) is 5.56 Å². The van der Waals surface area contributed by atoms with Crippen LogP contribution in [0.1, 0.15) is 48.9 Å². The molecule has 0 radical (unpaired) electrons. The summed E-state index contributed by atoms with van der Waals surface area (Å²) in [4.78, 5) is 50.7. The number of nitrogens with zero attached hydrogens (tertiary/aromatic N) is 4. The summed E-state index contributed by atoms with van der Waals surface area (Å²) in [5, 5.41) is 10.5. The van der Waals surface area contributed by atoms with E-state index in [0.717, 1.165) is 29.7 Å². The number of rotatable bonds is 6. The number of halogens is 1. The van der Waals surface area contributed by atoms with Crippen molar-refractivity contribution in [3.8, 4) is 16.9 Å². The molecule has 0 saturated heterocycles. The number of carbonyl (C=O) groups is 2. The number of pyridine rings is 1. The van der Waals surface area contributed by atoms with Crippen LogP contribution in [-0.4, -0.2) is 54.7 Å². The minimum atomic E-state index is -0.973. The van der Waals surface area contributed by atoms with Gasteiger partial charge in [-0.2, -0.15) is 4.98 Å². The molecular weight excluding hydrogens is 579 g/mol. The van der Waals surface area contributed by atoms with Crippen molar-refractivity contribution in [2.75, 3.05) is 18.8 Å². The fraction of sp³-hybridized carbons (Fsp3) is 0.242. The van der Waals surface area contributed by atoms with E-state index in [1.165, 1.54) is 22.5 Å². The average molecular weight is 609 g/mol. The summed E-state index contributed by atoms with van der Waals surface area (Å²) in [7, 11) is 0. The van der Waals surface area contributed by atoms with Crippen LogP contribution in [0, 0.1) is 5.82 Å². The minimum Gasteiger partial charge on any atom is -0.465 e. The van der Waals surface area contributed by atoms with Crippen LogP contribution in [0.5, 0.6) is 0 Å². The number of H-pyrrole nitrogens is 1. The zero-order valence-electron chi connectivity index (χ0n) is 24.3. The van der Waals surface area contributed by atoms with E-state index in [2.05, 4.69) is 15.0 Å². The smallest absolute Gasteiger partial charge is 0.407 e. The minimum absolute atomic E-state index is 0.000764. The number of nitrogens with two attached hydrogens (primary N) is 1. The summed E-state index contributed by atoms with van der Waals surface area (Å²) in [6.07, 6.45) is 5.01. The second kappa shape index (κ2) is 10.9. The maximum absolute atomic E-state index is 15.4. The van der Waals surface area contributed by atoms with Gasteiger partial charge in [0, 0.05) is 48.4 Å². The van der Waals surface area contributed by atoms with Gasteiger partial charge in [-0.1, -0.05) is 24.3 Å². The fourth-order valence-corrected chi connectivity index (χ4v) is 6.03. The molecule has 3 aromatic heterocycles. The van der Waals surface area contributed by atoms with E-state index in [0.29, 0.717) is 57.8 Å². The van der Waals surface area contributed by atoms with E-state index in [1.54, 1.807) is 30.5 Å². The van der Waals surface area contributed by atoms with Gasteiger partial charge in [0.2, 0.25) is 5.95 Å². The number of benzene rings is 2. The summed E-state index contributed by atoms with van der Waals surface area (Å²) < 4.78 is 22.2. The average Bonchev–Trinajstić information content (AvgIpc) is 3.78. The molecule has 5 aromatic rings. The Morgan fingerprint density at radius 1 is 1.18 bits per heavy atom. The number of aromatic nitrogens is 4. The molecule has 0 atom stereocenters. The number of aromatic amines is 1. The Labute approximate surface area is 255 Å². The lowest BCUT2D eigenvalue weighted by Crippen LogP contribution is -2.33. The highest BCUT2D eigenvalue weighted by Gasteiger charge is 2.26.